The van der Waals surface area contributed by atoms with Gasteiger partial charge in [0.05, 0.1) is 6.20 Å². The zero-order chi connectivity index (χ0) is 30.1. The Morgan fingerprint density at radius 3 is 2.38 bits per heavy atom. The second-order valence-corrected chi connectivity index (χ2v) is 10.7. The van der Waals surface area contributed by atoms with Crippen LogP contribution in [-0.4, -0.2) is 48.2 Å². The average Bonchev–Trinajstić information content (AvgIpc) is 3.58. The van der Waals surface area contributed by atoms with Crippen LogP contribution in [0.4, 0.5) is 26.3 Å². The highest BCUT2D eigenvalue weighted by Crippen LogP contribution is 2.49. The fourth-order valence-electron chi connectivity index (χ4n) is 5.68. The van der Waals surface area contributed by atoms with Gasteiger partial charge in [-0.3, -0.25) is 9.48 Å². The van der Waals surface area contributed by atoms with Gasteiger partial charge in [0, 0.05) is 31.1 Å². The van der Waals surface area contributed by atoms with Crippen molar-refractivity contribution in [2.45, 2.75) is 88.6 Å². The van der Waals surface area contributed by atoms with Crippen molar-refractivity contribution < 1.29 is 31.1 Å². The van der Waals surface area contributed by atoms with Crippen LogP contribution < -0.4 is 11.0 Å². The van der Waals surface area contributed by atoms with Crippen LogP contribution in [0.1, 0.15) is 73.6 Å². The van der Waals surface area contributed by atoms with Crippen LogP contribution in [0.2, 0.25) is 0 Å². The minimum atomic E-state index is -4.96. The lowest BCUT2D eigenvalue weighted by Crippen LogP contribution is -2.59. The molecule has 3 heterocycles. The van der Waals surface area contributed by atoms with Crippen molar-refractivity contribution in [3.8, 4) is 0 Å². The summed E-state index contributed by atoms with van der Waals surface area (Å²) in [6.45, 7) is 0.195. The van der Waals surface area contributed by atoms with Gasteiger partial charge < -0.3 is 5.32 Å². The molecule has 0 bridgehead atoms. The molecule has 5 rings (SSSR count). The lowest BCUT2D eigenvalue weighted by atomic mass is 9.78. The van der Waals surface area contributed by atoms with Crippen LogP contribution in [0.15, 0.2) is 35.4 Å². The van der Waals surface area contributed by atoms with E-state index >= 15 is 0 Å². The summed E-state index contributed by atoms with van der Waals surface area (Å²) in [6.07, 6.45) is -3.86. The summed E-state index contributed by atoms with van der Waals surface area (Å²) in [5.74, 6) is -1.15. The molecule has 0 saturated heterocycles. The first-order chi connectivity index (χ1) is 19.9. The molecule has 2 N–H and O–H groups in total. The summed E-state index contributed by atoms with van der Waals surface area (Å²) in [4.78, 5) is 25.9. The summed E-state index contributed by atoms with van der Waals surface area (Å²) in [5.41, 5.74) is -1.97. The highest BCUT2D eigenvalue weighted by molar-refractivity contribution is 6.23. The fraction of sp³-hybridized carbons (Fsp3) is 0.519. The maximum atomic E-state index is 15.0. The number of unbranched alkanes of at least 4 members (excludes halogenated alkanes) is 3. The molecule has 42 heavy (non-hydrogen) atoms. The van der Waals surface area contributed by atoms with Gasteiger partial charge in [-0.2, -0.15) is 36.1 Å². The normalized spacial score (nSPS) is 19.6. The molecule has 0 radical (unpaired) electrons. The van der Waals surface area contributed by atoms with E-state index in [0.29, 0.717) is 29.5 Å². The lowest BCUT2D eigenvalue weighted by Gasteiger charge is -2.40. The number of aromatic nitrogens is 6. The second kappa shape index (κ2) is 11.4. The largest absolute Gasteiger partial charge is 0.416 e. The van der Waals surface area contributed by atoms with Crippen molar-refractivity contribution in [1.82, 2.24) is 35.3 Å². The Morgan fingerprint density at radius 2 is 1.69 bits per heavy atom. The minimum absolute atomic E-state index is 0.0159. The van der Waals surface area contributed by atoms with Crippen LogP contribution in [0.3, 0.4) is 0 Å². The van der Waals surface area contributed by atoms with E-state index < -0.39 is 42.3 Å². The number of carbonyl (C=O) groups excluding carboxylic acids is 1. The van der Waals surface area contributed by atoms with Crippen LogP contribution in [-0.2, 0) is 29.7 Å². The van der Waals surface area contributed by atoms with Gasteiger partial charge >= 0.3 is 18.0 Å². The summed E-state index contributed by atoms with van der Waals surface area (Å²) >= 11 is 0. The van der Waals surface area contributed by atoms with Gasteiger partial charge in [0.1, 0.15) is 5.70 Å². The van der Waals surface area contributed by atoms with E-state index in [-0.39, 0.29) is 29.8 Å². The van der Waals surface area contributed by atoms with Gasteiger partial charge in [-0.15, -0.1) is 0 Å². The number of halogens is 6. The number of rotatable bonds is 9. The molecular weight excluding hydrogens is 568 g/mol. The smallest absolute Gasteiger partial charge is 0.332 e. The Kier molecular flexibility index (Phi) is 8.03. The number of aryl methyl sites for hydroxylation is 3. The first-order valence-electron chi connectivity index (χ1n) is 13.7. The predicted molar refractivity (Wildman–Crippen MR) is 139 cm³/mol. The highest BCUT2D eigenvalue weighted by atomic mass is 19.4. The first-order valence-corrected chi connectivity index (χ1v) is 13.7. The number of hydrogen-bond donors (Lipinski definition) is 2. The molecule has 15 heteroatoms. The topological polar surface area (TPSA) is 110 Å². The zero-order valence-corrected chi connectivity index (χ0v) is 22.5. The van der Waals surface area contributed by atoms with E-state index in [9.17, 15) is 35.9 Å². The van der Waals surface area contributed by atoms with Gasteiger partial charge in [-0.1, -0.05) is 31.0 Å². The molecule has 226 valence electrons. The molecule has 1 aromatic carbocycles. The SMILES string of the molecule is O=C1NC(c2cnn(CCCCCCC(F)(F)F)c2)(C(F)(F)F)CC(c2ccc3c(c2)CCCC3)=C1n1nn[nH]c1=O. The molecule has 9 nitrogen and oxygen atoms in total. The molecule has 1 atom stereocenters. The fourth-order valence-corrected chi connectivity index (χ4v) is 5.68. The van der Waals surface area contributed by atoms with Crippen LogP contribution in [0, 0.1) is 0 Å². The molecule has 0 saturated carbocycles. The third-order valence-corrected chi connectivity index (χ3v) is 7.86. The molecule has 1 aliphatic heterocycles. The number of H-pyrrole nitrogens is 1. The third kappa shape index (κ3) is 6.00. The summed E-state index contributed by atoms with van der Waals surface area (Å²) in [7, 11) is 0. The van der Waals surface area contributed by atoms with E-state index in [1.54, 1.807) is 12.1 Å². The van der Waals surface area contributed by atoms with E-state index in [2.05, 4.69) is 25.9 Å². The van der Waals surface area contributed by atoms with Gasteiger partial charge in [0.25, 0.3) is 5.91 Å². The molecule has 2 aliphatic rings. The molecule has 1 amide bonds. The monoisotopic (exact) mass is 597 g/mol. The second-order valence-electron chi connectivity index (χ2n) is 10.7. The number of fused-ring (bicyclic) bond motifs is 1. The Hall–Kier alpha value is -3.91. The number of carbonyl (C=O) groups is 1. The van der Waals surface area contributed by atoms with Gasteiger partial charge in [-0.05, 0) is 71.2 Å². The third-order valence-electron chi connectivity index (χ3n) is 7.86. The number of aromatic amines is 1. The molecule has 2 aromatic heterocycles. The molecule has 0 spiro atoms. The number of tetrazole rings is 1. The summed E-state index contributed by atoms with van der Waals surface area (Å²) in [5, 5.41) is 15.3. The van der Waals surface area contributed by atoms with Crippen molar-refractivity contribution in [3.05, 3.63) is 63.3 Å². The quantitative estimate of drug-likeness (QED) is 0.269. The van der Waals surface area contributed by atoms with Gasteiger partial charge in [0.15, 0.2) is 5.54 Å². The van der Waals surface area contributed by atoms with Crippen molar-refractivity contribution in [2.24, 2.45) is 0 Å². The van der Waals surface area contributed by atoms with E-state index in [4.69, 9.17) is 0 Å². The maximum Gasteiger partial charge on any atom is 0.416 e. The summed E-state index contributed by atoms with van der Waals surface area (Å²) < 4.78 is 84.0. The van der Waals surface area contributed by atoms with Crippen molar-refractivity contribution in [1.29, 1.82) is 0 Å². The molecule has 1 unspecified atom stereocenters. The Labute approximate surface area is 236 Å². The van der Waals surface area contributed by atoms with Gasteiger partial charge in [-0.25, -0.2) is 9.89 Å². The zero-order valence-electron chi connectivity index (χ0n) is 22.5. The standard InChI is InChI=1S/C27H29F6N7O2/c28-26(29,30)11-5-1-2-6-12-39-16-20(15-34-39)25(27(31,32)33)14-21(19-10-9-17-7-3-4-8-18(17)13-19)22(23(41)35-25)40-24(42)36-37-38-40/h9-10,13,15-16H,1-8,11-12,14H2,(H,35,41)(H,36,38,42). The van der Waals surface area contributed by atoms with Crippen LogP contribution in [0.5, 0.6) is 0 Å². The number of nitrogens with zero attached hydrogens (tertiary/aromatic N) is 5. The first kappa shape index (κ1) is 29.6. The van der Waals surface area contributed by atoms with Crippen molar-refractivity contribution in [2.75, 3.05) is 0 Å². The molecular formula is C27H29F6N7O2. The molecule has 1 aliphatic carbocycles. The number of amides is 1. The Bertz CT molecular complexity index is 1530. The van der Waals surface area contributed by atoms with E-state index in [1.807, 2.05) is 6.07 Å². The molecule has 3 aromatic rings. The number of alkyl halides is 6. The van der Waals surface area contributed by atoms with E-state index in [0.717, 1.165) is 43.0 Å². The molecule has 0 fully saturated rings. The maximum absolute atomic E-state index is 15.0. The Balaban J connectivity index is 1.48. The number of benzene rings is 1. The van der Waals surface area contributed by atoms with Gasteiger partial charge in [0.2, 0.25) is 0 Å². The average molecular weight is 598 g/mol. The Morgan fingerprint density at radius 1 is 0.952 bits per heavy atom. The lowest BCUT2D eigenvalue weighted by molar-refractivity contribution is -0.201. The minimum Gasteiger partial charge on any atom is -0.332 e. The van der Waals surface area contributed by atoms with E-state index in [1.165, 1.54) is 10.9 Å². The number of hydrogen-bond acceptors (Lipinski definition) is 5. The predicted octanol–water partition coefficient (Wildman–Crippen LogP) is 4.90. The van der Waals surface area contributed by atoms with Crippen molar-refractivity contribution >= 4 is 17.2 Å². The number of nitrogens with one attached hydrogen (secondary N) is 2. The van der Waals surface area contributed by atoms with Crippen LogP contribution in [0.25, 0.3) is 11.3 Å². The summed E-state index contributed by atoms with van der Waals surface area (Å²) in [6, 6.07) is 5.28. The van der Waals surface area contributed by atoms with Crippen molar-refractivity contribution in [3.63, 3.8) is 0 Å². The van der Waals surface area contributed by atoms with Crippen LogP contribution >= 0.6 is 0 Å². The highest BCUT2D eigenvalue weighted by Gasteiger charge is 2.60.